The van der Waals surface area contributed by atoms with Gasteiger partial charge in [-0.05, 0) is 44.4 Å². The fourth-order valence-corrected chi connectivity index (χ4v) is 3.82. The van der Waals surface area contributed by atoms with E-state index in [0.717, 1.165) is 29.8 Å². The summed E-state index contributed by atoms with van der Waals surface area (Å²) in [4.78, 5) is 4.38. The Bertz CT molecular complexity index is 793. The predicted molar refractivity (Wildman–Crippen MR) is 123 cm³/mol. The lowest BCUT2D eigenvalue weighted by Crippen LogP contribution is -2.48. The highest BCUT2D eigenvalue weighted by atomic mass is 127. The third-order valence-corrected chi connectivity index (χ3v) is 5.93. The molecule has 0 spiro atoms. The monoisotopic (exact) mass is 501 g/mol. The molecule has 2 N–H and O–H groups in total. The highest BCUT2D eigenvalue weighted by molar-refractivity contribution is 14.0. The van der Waals surface area contributed by atoms with Crippen LogP contribution in [0, 0.1) is 13.8 Å². The van der Waals surface area contributed by atoms with Crippen LogP contribution in [0.3, 0.4) is 0 Å². The number of hydrogen-bond donors (Lipinski definition) is 2. The van der Waals surface area contributed by atoms with Gasteiger partial charge in [0, 0.05) is 48.9 Å². The van der Waals surface area contributed by atoms with Crippen LogP contribution >= 0.6 is 35.6 Å². The second-order valence-electron chi connectivity index (χ2n) is 7.19. The average Bonchev–Trinajstić information content (AvgIpc) is 2.83. The van der Waals surface area contributed by atoms with Crippen LogP contribution in [0.4, 0.5) is 0 Å². The summed E-state index contributed by atoms with van der Waals surface area (Å²) in [5, 5.41) is 12.2. The van der Waals surface area contributed by atoms with Gasteiger partial charge in [0.25, 0.3) is 0 Å². The minimum absolute atomic E-state index is 0. The molecule has 1 saturated carbocycles. The minimum Gasteiger partial charge on any atom is -0.356 e. The lowest BCUT2D eigenvalue weighted by Gasteiger charge is -2.43. The van der Waals surface area contributed by atoms with Crippen LogP contribution in [0.25, 0.3) is 0 Å². The Hall–Kier alpha value is -1.28. The summed E-state index contributed by atoms with van der Waals surface area (Å²) in [6, 6.07) is 8.28. The molecule has 1 fully saturated rings. The first-order valence-electron chi connectivity index (χ1n) is 9.15. The number of aryl methyl sites for hydroxylation is 2. The first-order chi connectivity index (χ1) is 12.4. The quantitative estimate of drug-likeness (QED) is 0.369. The van der Waals surface area contributed by atoms with Crippen molar-refractivity contribution in [1.29, 1.82) is 0 Å². The highest BCUT2D eigenvalue weighted by Gasteiger charge is 2.38. The van der Waals surface area contributed by atoms with E-state index in [0.29, 0.717) is 0 Å². The van der Waals surface area contributed by atoms with Gasteiger partial charge in [0.2, 0.25) is 0 Å². The lowest BCUT2D eigenvalue weighted by atomic mass is 9.64. The van der Waals surface area contributed by atoms with Crippen molar-refractivity contribution in [3.8, 4) is 0 Å². The molecule has 3 rings (SSSR count). The summed E-state index contributed by atoms with van der Waals surface area (Å²) in [7, 11) is 3.79. The molecule has 7 heteroatoms. The van der Waals surface area contributed by atoms with Crippen LogP contribution in [0.5, 0.6) is 0 Å². The molecule has 1 aromatic carbocycles. The Balaban J connectivity index is 0.00000261. The van der Waals surface area contributed by atoms with Crippen molar-refractivity contribution < 1.29 is 0 Å². The Morgan fingerprint density at radius 1 is 1.22 bits per heavy atom. The van der Waals surface area contributed by atoms with Crippen molar-refractivity contribution in [2.45, 2.75) is 45.1 Å². The first-order valence-corrected chi connectivity index (χ1v) is 9.52. The van der Waals surface area contributed by atoms with Crippen LogP contribution in [0.2, 0.25) is 5.02 Å². The van der Waals surface area contributed by atoms with Crippen molar-refractivity contribution >= 4 is 41.5 Å². The molecule has 148 valence electrons. The maximum Gasteiger partial charge on any atom is 0.191 e. The largest absolute Gasteiger partial charge is 0.356 e. The summed E-state index contributed by atoms with van der Waals surface area (Å²) in [6.45, 7) is 5.74. The average molecular weight is 502 g/mol. The van der Waals surface area contributed by atoms with E-state index in [1.165, 1.54) is 36.1 Å². The van der Waals surface area contributed by atoms with Crippen LogP contribution in [-0.4, -0.2) is 29.3 Å². The third-order valence-electron chi connectivity index (χ3n) is 5.68. The SMILES string of the molecule is CN=C(NCc1c(C)nn(C)c1C)NCC1(c2ccc(Cl)cc2)CCC1.I. The highest BCUT2D eigenvalue weighted by Crippen LogP contribution is 2.43. The molecule has 1 aromatic heterocycles. The van der Waals surface area contributed by atoms with Gasteiger partial charge in [0.15, 0.2) is 5.96 Å². The van der Waals surface area contributed by atoms with Crippen molar-refractivity contribution in [2.24, 2.45) is 12.0 Å². The van der Waals surface area contributed by atoms with Crippen molar-refractivity contribution in [2.75, 3.05) is 13.6 Å². The second-order valence-corrected chi connectivity index (χ2v) is 7.63. The number of guanidine groups is 1. The molecule has 0 saturated heterocycles. The molecule has 2 aromatic rings. The molecule has 0 atom stereocenters. The number of aromatic nitrogens is 2. The molecule has 5 nitrogen and oxygen atoms in total. The molecule has 27 heavy (non-hydrogen) atoms. The Labute approximate surface area is 184 Å². The number of aliphatic imine (C=N–C) groups is 1. The summed E-state index contributed by atoms with van der Waals surface area (Å²) in [5.41, 5.74) is 5.01. The van der Waals surface area contributed by atoms with E-state index >= 15 is 0 Å². The van der Waals surface area contributed by atoms with Crippen LogP contribution < -0.4 is 10.6 Å². The zero-order chi connectivity index (χ0) is 18.7. The van der Waals surface area contributed by atoms with Crippen LogP contribution in [-0.2, 0) is 19.0 Å². The zero-order valence-corrected chi connectivity index (χ0v) is 19.6. The van der Waals surface area contributed by atoms with Gasteiger partial charge in [-0.25, -0.2) is 0 Å². The Kier molecular flexibility index (Phi) is 7.56. The number of nitrogens with zero attached hydrogens (tertiary/aromatic N) is 3. The molecule has 0 radical (unpaired) electrons. The molecule has 0 unspecified atom stereocenters. The maximum atomic E-state index is 6.05. The predicted octanol–water partition coefficient (Wildman–Crippen LogP) is 4.10. The minimum atomic E-state index is 0. The van der Waals surface area contributed by atoms with E-state index in [1.807, 2.05) is 37.8 Å². The van der Waals surface area contributed by atoms with Gasteiger partial charge in [-0.1, -0.05) is 30.2 Å². The molecular weight excluding hydrogens is 473 g/mol. The summed E-state index contributed by atoms with van der Waals surface area (Å²) in [5.74, 6) is 0.827. The van der Waals surface area contributed by atoms with Gasteiger partial charge in [-0.2, -0.15) is 5.10 Å². The Morgan fingerprint density at radius 3 is 2.37 bits per heavy atom. The van der Waals surface area contributed by atoms with E-state index in [2.05, 4.69) is 39.8 Å². The smallest absolute Gasteiger partial charge is 0.191 e. The van der Waals surface area contributed by atoms with Gasteiger partial charge in [-0.15, -0.1) is 24.0 Å². The summed E-state index contributed by atoms with van der Waals surface area (Å²) in [6.07, 6.45) is 3.66. The van der Waals surface area contributed by atoms with E-state index in [1.54, 1.807) is 0 Å². The van der Waals surface area contributed by atoms with Crippen molar-refractivity contribution in [1.82, 2.24) is 20.4 Å². The van der Waals surface area contributed by atoms with Crippen LogP contribution in [0.15, 0.2) is 29.3 Å². The Morgan fingerprint density at radius 2 is 1.89 bits per heavy atom. The second kappa shape index (κ2) is 9.28. The van der Waals surface area contributed by atoms with Gasteiger partial charge < -0.3 is 10.6 Å². The number of rotatable bonds is 5. The number of benzene rings is 1. The maximum absolute atomic E-state index is 6.05. The third kappa shape index (κ3) is 4.77. The van der Waals surface area contributed by atoms with Gasteiger partial charge in [0.05, 0.1) is 5.69 Å². The van der Waals surface area contributed by atoms with E-state index < -0.39 is 0 Å². The van der Waals surface area contributed by atoms with Gasteiger partial charge in [-0.3, -0.25) is 9.67 Å². The molecule has 1 aliphatic rings. The fourth-order valence-electron chi connectivity index (χ4n) is 3.69. The zero-order valence-electron chi connectivity index (χ0n) is 16.5. The molecule has 1 heterocycles. The van der Waals surface area contributed by atoms with Gasteiger partial charge >= 0.3 is 0 Å². The topological polar surface area (TPSA) is 54.2 Å². The van der Waals surface area contributed by atoms with E-state index in [-0.39, 0.29) is 29.4 Å². The van der Waals surface area contributed by atoms with Gasteiger partial charge in [0.1, 0.15) is 0 Å². The standard InChI is InChI=1S/C20H28ClN5.HI/c1-14-18(15(2)26(4)25-14)12-23-19(22-3)24-13-20(10-5-11-20)16-6-8-17(21)9-7-16;/h6-9H,5,10-13H2,1-4H3,(H2,22,23,24);1H. The number of hydrogen-bond acceptors (Lipinski definition) is 2. The summed E-state index contributed by atoms with van der Waals surface area (Å²) >= 11 is 6.05. The van der Waals surface area contributed by atoms with Crippen molar-refractivity contribution in [3.63, 3.8) is 0 Å². The number of halogens is 2. The lowest BCUT2D eigenvalue weighted by molar-refractivity contribution is 0.244. The van der Waals surface area contributed by atoms with E-state index in [4.69, 9.17) is 11.6 Å². The molecule has 0 aliphatic heterocycles. The molecular formula is C20H29ClIN5. The molecule has 0 bridgehead atoms. The van der Waals surface area contributed by atoms with Crippen molar-refractivity contribution in [3.05, 3.63) is 51.8 Å². The van der Waals surface area contributed by atoms with Crippen LogP contribution in [0.1, 0.15) is 41.8 Å². The molecule has 1 aliphatic carbocycles. The fraction of sp³-hybridized carbons (Fsp3) is 0.500. The molecule has 0 amide bonds. The van der Waals surface area contributed by atoms with E-state index in [9.17, 15) is 0 Å². The number of nitrogens with one attached hydrogen (secondary N) is 2. The summed E-state index contributed by atoms with van der Waals surface area (Å²) < 4.78 is 1.92. The normalized spacial score (nSPS) is 15.7. The first kappa shape index (κ1) is 22.0.